The van der Waals surface area contributed by atoms with E-state index >= 15 is 0 Å². The van der Waals surface area contributed by atoms with Gasteiger partial charge in [-0.3, -0.25) is 40.5 Å². The van der Waals surface area contributed by atoms with E-state index in [4.69, 9.17) is 0 Å². The Morgan fingerprint density at radius 3 is 0.724 bits per heavy atom. The first-order valence-corrected chi connectivity index (χ1v) is 30.1. The summed E-state index contributed by atoms with van der Waals surface area (Å²) < 4.78 is 0. The van der Waals surface area contributed by atoms with Crippen LogP contribution in [0.3, 0.4) is 0 Å². The van der Waals surface area contributed by atoms with Crippen LogP contribution in [0.15, 0.2) is 36.4 Å². The van der Waals surface area contributed by atoms with Crippen LogP contribution in [-0.2, 0) is 10.8 Å². The monoisotopic (exact) mass is 1100 g/mol. The summed E-state index contributed by atoms with van der Waals surface area (Å²) >= 11 is 0. The Bertz CT molecular complexity index is 8290. The molecule has 4 aliphatic carbocycles. The van der Waals surface area contributed by atoms with Gasteiger partial charge in [0.2, 0.25) is 0 Å². The number of rotatable bonds is 6. The Hall–Kier alpha value is -11.7. The van der Waals surface area contributed by atoms with Crippen molar-refractivity contribution in [2.75, 3.05) is 11.4 Å². The zero-order valence-corrected chi connectivity index (χ0v) is 43.3. The summed E-state index contributed by atoms with van der Waals surface area (Å²) in [6, 6.07) is 7.53. The number of nitrogens with zero attached hydrogens (tertiary/aromatic N) is 5. The molecule has 0 aromatic heterocycles. The van der Waals surface area contributed by atoms with Gasteiger partial charge in [0.25, 0.3) is 11.4 Å². The van der Waals surface area contributed by atoms with Gasteiger partial charge in [-0.2, -0.15) is 0 Å². The second-order valence-corrected chi connectivity index (χ2v) is 28.9. The minimum absolute atomic E-state index is 0.0594. The van der Waals surface area contributed by atoms with E-state index in [1.807, 2.05) is 17.0 Å². The van der Waals surface area contributed by atoms with E-state index in [-0.39, 0.29) is 17.9 Å². The molecule has 13 heteroatoms. The molecule has 1 heterocycles. The van der Waals surface area contributed by atoms with Crippen molar-refractivity contribution in [2.24, 2.45) is 0 Å². The summed E-state index contributed by atoms with van der Waals surface area (Å²) in [5.74, 6) is 0. The molecule has 5 aliphatic rings. The lowest BCUT2D eigenvalue weighted by molar-refractivity contribution is -0.402. The van der Waals surface area contributed by atoms with Crippen LogP contribution in [0.25, 0.3) is 291 Å². The lowest BCUT2D eigenvalue weighted by Gasteiger charge is -2.51. The van der Waals surface area contributed by atoms with Crippen LogP contribution in [0.4, 0.5) is 28.4 Å². The highest BCUT2D eigenvalue weighted by Gasteiger charge is 2.77. The van der Waals surface area contributed by atoms with E-state index in [0.29, 0.717) is 5.56 Å². The molecule has 13 nitrogen and oxygen atoms in total. The normalized spacial score (nSPS) is 21.1. The zero-order valence-electron chi connectivity index (χ0n) is 43.3. The van der Waals surface area contributed by atoms with Crippen molar-refractivity contribution in [3.63, 3.8) is 0 Å². The number of non-ortho nitro benzene ring substituents is 2. The van der Waals surface area contributed by atoms with Crippen molar-refractivity contribution >= 4 is 319 Å². The molecule has 87 heavy (non-hydrogen) atoms. The van der Waals surface area contributed by atoms with Gasteiger partial charge >= 0.3 is 11.4 Å². The fourth-order valence-corrected chi connectivity index (χ4v) is 27.5. The SMILES string of the molecule is O=[N+]([O-])c1ccc(C2N(c3c([N+](=O)[O-])cc([N+](=O)[O-])cc3[N+](=O)[O-])CC34c5c6c7c8c9c%10c(c%11c%12c3c3c5c5c%13c6c6c7c7c9c9c%14c%10c%10c%11c%11c%12c%12c3c3c5c5c%13c%13c6c6c7c9c7c9c%14c%10c%10c%11c%11c%12c3c3c5c5c%13c6c7c6c9c%10c%11c3c56)C824)cc1. The molecule has 1 unspecified atom stereocenters. The fraction of sp³-hybridized carbons (Fsp3) is 0.0541. The Balaban J connectivity index is 0.998. The Morgan fingerprint density at radius 2 is 0.506 bits per heavy atom. The molecule has 0 amide bonds. The molecule has 0 bridgehead atoms. The van der Waals surface area contributed by atoms with Gasteiger partial charge in [-0.05, 0) is 319 Å². The van der Waals surface area contributed by atoms with Crippen LogP contribution < -0.4 is 4.90 Å². The number of benzene rings is 20. The van der Waals surface area contributed by atoms with Crippen molar-refractivity contribution in [1.82, 2.24) is 0 Å². The molecule has 378 valence electrons. The predicted molar refractivity (Wildman–Crippen MR) is 343 cm³/mol. The molecule has 1 atom stereocenters. The highest BCUT2D eigenvalue weighted by atomic mass is 16.6. The van der Waals surface area contributed by atoms with Crippen LogP contribution in [0.1, 0.15) is 33.9 Å². The van der Waals surface area contributed by atoms with Crippen LogP contribution in [0, 0.1) is 40.5 Å². The maximum Gasteiger partial charge on any atom is 0.306 e. The molecule has 1 fully saturated rings. The van der Waals surface area contributed by atoms with E-state index < -0.39 is 53.6 Å². The maximum atomic E-state index is 14.2. The van der Waals surface area contributed by atoms with Gasteiger partial charge in [0.15, 0.2) is 5.69 Å². The largest absolute Gasteiger partial charge is 0.351 e. The first kappa shape index (κ1) is 35.4. The minimum atomic E-state index is -1.20. The lowest BCUT2D eigenvalue weighted by atomic mass is 9.47. The van der Waals surface area contributed by atoms with Crippen molar-refractivity contribution in [1.29, 1.82) is 0 Å². The third-order valence-electron chi connectivity index (χ3n) is 28.1. The number of anilines is 1. The highest BCUT2D eigenvalue weighted by Crippen LogP contribution is 2.87. The number of nitro groups is 4. The summed E-state index contributed by atoms with van der Waals surface area (Å²) in [5, 5.41) is 128. The van der Waals surface area contributed by atoms with E-state index in [1.165, 1.54) is 325 Å². The predicted octanol–water partition coefficient (Wildman–Crippen LogP) is 19.2. The Morgan fingerprint density at radius 1 is 0.287 bits per heavy atom. The highest BCUT2D eigenvalue weighted by molar-refractivity contribution is 6.82. The average Bonchev–Trinajstić information content (AvgIpc) is 1.38. The van der Waals surface area contributed by atoms with Crippen molar-refractivity contribution in [3.8, 4) is 0 Å². The number of hydrogen-bond donors (Lipinski definition) is 0. The summed E-state index contributed by atoms with van der Waals surface area (Å²) in [6.07, 6.45) is 0. The standard InChI is InChI=1S/C74H9N5O8/c80-76(81)9-3-1-8(2-4-9)72-74-69-63-57-47-35-27-19-15-13-14-17-21(19)29(35)39-33-25(17)26-18(14)22-20-16(13)24-23(15)31-37(27)45-51-41(31)42-32(24)38-28(20)36-30(22)40-34(26)44-43(33)55(49(39)57)65(69)66-56(44)50(40)58-48(36)54-46(38)52(42)60-59(51)67(61(63)53(45)47)73(74,68(60)62(54)64(58)70(66)74)7-75(72)71-11(78(84)85)5-10(77(82)83)6-12(71)79(86)87/h1-6,72H,7H2. The molecular formula is C74H9N5O8. The maximum absolute atomic E-state index is 14.2. The second kappa shape index (κ2) is 8.45. The van der Waals surface area contributed by atoms with Gasteiger partial charge in [0.05, 0.1) is 48.7 Å². The third kappa shape index (κ3) is 2.14. The van der Waals surface area contributed by atoms with Crippen molar-refractivity contribution in [2.45, 2.75) is 16.9 Å². The quantitative estimate of drug-likeness (QED) is 0.0891. The molecule has 35 rings (SSSR count). The van der Waals surface area contributed by atoms with Crippen LogP contribution in [0.5, 0.6) is 0 Å². The molecule has 1 aliphatic heterocycles. The molecule has 2 spiro atoms. The van der Waals surface area contributed by atoms with E-state index in [1.54, 1.807) is 0 Å². The molecule has 30 aromatic carbocycles. The Kier molecular flexibility index (Phi) is 3.44. The fourth-order valence-electron chi connectivity index (χ4n) is 27.5. The molecule has 0 N–H and O–H groups in total. The first-order valence-electron chi connectivity index (χ1n) is 30.1. The van der Waals surface area contributed by atoms with Gasteiger partial charge in [0.1, 0.15) is 0 Å². The minimum Gasteiger partial charge on any atom is -0.351 e. The first-order chi connectivity index (χ1) is 42.7. The number of nitro benzene ring substituents is 4. The van der Waals surface area contributed by atoms with Gasteiger partial charge in [-0.1, -0.05) is 12.1 Å². The van der Waals surface area contributed by atoms with Crippen molar-refractivity contribution in [3.05, 3.63) is 105 Å². The lowest BCUT2D eigenvalue weighted by Crippen LogP contribution is -2.51. The van der Waals surface area contributed by atoms with Crippen LogP contribution >= 0.6 is 0 Å². The van der Waals surface area contributed by atoms with Gasteiger partial charge in [-0.15, -0.1) is 0 Å². The smallest absolute Gasteiger partial charge is 0.306 e. The summed E-state index contributed by atoms with van der Waals surface area (Å²) in [4.78, 5) is 53.5. The molecular weight excluding hydrogens is 1090 g/mol. The second-order valence-electron chi connectivity index (χ2n) is 28.9. The zero-order chi connectivity index (χ0) is 54.4. The summed E-state index contributed by atoms with van der Waals surface area (Å²) in [5.41, 5.74) is 0.582. The van der Waals surface area contributed by atoms with Crippen molar-refractivity contribution < 1.29 is 19.7 Å². The van der Waals surface area contributed by atoms with E-state index in [0.717, 1.165) is 12.1 Å². The molecule has 1 saturated heterocycles. The van der Waals surface area contributed by atoms with E-state index in [2.05, 4.69) is 0 Å². The Labute approximate surface area is 469 Å². The molecule has 0 saturated carbocycles. The number of hydrogen-bond acceptors (Lipinski definition) is 9. The third-order valence-corrected chi connectivity index (χ3v) is 28.1. The van der Waals surface area contributed by atoms with E-state index in [9.17, 15) is 40.5 Å². The van der Waals surface area contributed by atoms with Gasteiger partial charge in [-0.25, -0.2) is 0 Å². The topological polar surface area (TPSA) is 176 Å². The average molecular weight is 1100 g/mol. The van der Waals surface area contributed by atoms with Gasteiger partial charge < -0.3 is 4.90 Å². The van der Waals surface area contributed by atoms with Crippen LogP contribution in [-0.4, -0.2) is 26.2 Å². The summed E-state index contributed by atoms with van der Waals surface area (Å²) in [7, 11) is 0. The van der Waals surface area contributed by atoms with Crippen LogP contribution in [0.2, 0.25) is 0 Å². The summed E-state index contributed by atoms with van der Waals surface area (Å²) in [6.45, 7) is 0.0594. The van der Waals surface area contributed by atoms with Gasteiger partial charge in [0, 0.05) is 18.7 Å². The molecule has 0 radical (unpaired) electrons. The molecule has 30 aromatic rings.